The lowest BCUT2D eigenvalue weighted by atomic mass is 10.00. The van der Waals surface area contributed by atoms with Crippen molar-refractivity contribution in [1.82, 2.24) is 4.98 Å². The molecule has 1 fully saturated rings. The highest BCUT2D eigenvalue weighted by molar-refractivity contribution is 6.30. The fourth-order valence-corrected chi connectivity index (χ4v) is 4.93. The van der Waals surface area contributed by atoms with E-state index in [1.807, 2.05) is 12.1 Å². The summed E-state index contributed by atoms with van der Waals surface area (Å²) in [5.41, 5.74) is 6.67. The molecule has 2 aromatic carbocycles. The summed E-state index contributed by atoms with van der Waals surface area (Å²) in [6.45, 7) is 4.11. The molecule has 2 heterocycles. The zero-order valence-electron chi connectivity index (χ0n) is 16.2. The molecule has 0 bridgehead atoms. The van der Waals surface area contributed by atoms with E-state index in [-0.39, 0.29) is 0 Å². The van der Waals surface area contributed by atoms with Crippen molar-refractivity contribution in [3.8, 4) is 0 Å². The molecule has 2 aliphatic rings. The van der Waals surface area contributed by atoms with Crippen molar-refractivity contribution < 1.29 is 0 Å². The van der Waals surface area contributed by atoms with Gasteiger partial charge in [-0.3, -0.25) is 4.98 Å². The molecule has 1 aliphatic heterocycles. The topological polar surface area (TPSA) is 19.4 Å². The van der Waals surface area contributed by atoms with Crippen molar-refractivity contribution in [2.75, 3.05) is 36.0 Å². The van der Waals surface area contributed by atoms with Gasteiger partial charge in [0.15, 0.2) is 0 Å². The maximum atomic E-state index is 6.20. The van der Waals surface area contributed by atoms with Gasteiger partial charge < -0.3 is 9.80 Å². The SMILES string of the molecule is Clc1cccc(N2CCN(c3c4c(nc5ccccc35)CCCCC4)CC2)c1. The molecule has 0 atom stereocenters. The van der Waals surface area contributed by atoms with E-state index in [0.29, 0.717) is 0 Å². The second-order valence-corrected chi connectivity index (χ2v) is 8.35. The lowest BCUT2D eigenvalue weighted by Crippen LogP contribution is -2.47. The van der Waals surface area contributed by atoms with E-state index in [9.17, 15) is 0 Å². The van der Waals surface area contributed by atoms with Gasteiger partial charge in [-0.15, -0.1) is 0 Å². The van der Waals surface area contributed by atoms with Gasteiger partial charge in [0.25, 0.3) is 0 Å². The first-order valence-electron chi connectivity index (χ1n) is 10.5. The van der Waals surface area contributed by atoms with Crippen LogP contribution >= 0.6 is 11.6 Å². The maximum absolute atomic E-state index is 6.20. The number of hydrogen-bond acceptors (Lipinski definition) is 3. The molecule has 0 saturated carbocycles. The molecule has 5 rings (SSSR count). The number of nitrogens with zero attached hydrogens (tertiary/aromatic N) is 3. The minimum atomic E-state index is 0.811. The second-order valence-electron chi connectivity index (χ2n) is 7.92. The Morgan fingerprint density at radius 1 is 0.786 bits per heavy atom. The van der Waals surface area contributed by atoms with Crippen molar-refractivity contribution in [2.24, 2.45) is 0 Å². The summed E-state index contributed by atoms with van der Waals surface area (Å²) in [6.07, 6.45) is 6.14. The summed E-state index contributed by atoms with van der Waals surface area (Å²) in [7, 11) is 0. The third kappa shape index (κ3) is 3.33. The zero-order chi connectivity index (χ0) is 18.9. The fourth-order valence-electron chi connectivity index (χ4n) is 4.75. The second kappa shape index (κ2) is 7.63. The molecule has 144 valence electrons. The highest BCUT2D eigenvalue weighted by atomic mass is 35.5. The molecule has 4 heteroatoms. The van der Waals surface area contributed by atoms with Crippen LogP contribution in [-0.2, 0) is 12.8 Å². The largest absolute Gasteiger partial charge is 0.368 e. The highest BCUT2D eigenvalue weighted by Gasteiger charge is 2.24. The Balaban J connectivity index is 1.49. The first kappa shape index (κ1) is 17.8. The van der Waals surface area contributed by atoms with E-state index < -0.39 is 0 Å². The van der Waals surface area contributed by atoms with E-state index in [0.717, 1.165) is 49.6 Å². The average molecular weight is 392 g/mol. The van der Waals surface area contributed by atoms with Crippen LogP contribution in [-0.4, -0.2) is 31.2 Å². The molecule has 1 aliphatic carbocycles. The smallest absolute Gasteiger partial charge is 0.0726 e. The summed E-state index contributed by atoms with van der Waals surface area (Å²) in [5, 5.41) is 2.13. The summed E-state index contributed by atoms with van der Waals surface area (Å²) in [5.74, 6) is 0. The van der Waals surface area contributed by atoms with E-state index in [2.05, 4.69) is 46.2 Å². The van der Waals surface area contributed by atoms with Crippen molar-refractivity contribution >= 4 is 33.9 Å². The van der Waals surface area contributed by atoms with Crippen LogP contribution in [0.15, 0.2) is 48.5 Å². The van der Waals surface area contributed by atoms with Gasteiger partial charge in [-0.25, -0.2) is 0 Å². The average Bonchev–Trinajstić information content (AvgIpc) is 2.97. The summed E-state index contributed by atoms with van der Waals surface area (Å²) < 4.78 is 0. The molecule has 0 unspecified atom stereocenters. The normalized spacial score (nSPS) is 17.5. The van der Waals surface area contributed by atoms with E-state index >= 15 is 0 Å². The molecular weight excluding hydrogens is 366 g/mol. The number of hydrogen-bond donors (Lipinski definition) is 0. The number of para-hydroxylation sites is 1. The van der Waals surface area contributed by atoms with Crippen LogP contribution in [0.4, 0.5) is 11.4 Å². The van der Waals surface area contributed by atoms with Crippen molar-refractivity contribution in [3.05, 3.63) is 64.8 Å². The van der Waals surface area contributed by atoms with E-state index in [1.54, 1.807) is 0 Å². The Kier molecular flexibility index (Phi) is 4.86. The highest BCUT2D eigenvalue weighted by Crippen LogP contribution is 2.36. The summed E-state index contributed by atoms with van der Waals surface area (Å²) >= 11 is 6.20. The van der Waals surface area contributed by atoms with Gasteiger partial charge in [0.1, 0.15) is 0 Å². The number of aryl methyl sites for hydroxylation is 1. The molecule has 0 spiro atoms. The minimum Gasteiger partial charge on any atom is -0.368 e. The molecule has 0 amide bonds. The molecule has 3 aromatic rings. The molecular formula is C24H26ClN3. The van der Waals surface area contributed by atoms with Crippen LogP contribution in [0.2, 0.25) is 5.02 Å². The third-order valence-corrected chi connectivity index (χ3v) is 6.39. The number of rotatable bonds is 2. The molecule has 1 aromatic heterocycles. The van der Waals surface area contributed by atoms with Crippen LogP contribution in [0, 0.1) is 0 Å². The summed E-state index contributed by atoms with van der Waals surface area (Å²) in [4.78, 5) is 10.1. The number of anilines is 2. The first-order chi connectivity index (χ1) is 13.8. The predicted octanol–water partition coefficient (Wildman–Crippen LogP) is 5.48. The number of aromatic nitrogens is 1. The van der Waals surface area contributed by atoms with Gasteiger partial charge in [-0.2, -0.15) is 0 Å². The van der Waals surface area contributed by atoms with Crippen molar-refractivity contribution in [3.63, 3.8) is 0 Å². The lowest BCUT2D eigenvalue weighted by Gasteiger charge is -2.39. The van der Waals surface area contributed by atoms with Crippen molar-refractivity contribution in [2.45, 2.75) is 32.1 Å². The number of halogens is 1. The standard InChI is InChI=1S/C24H26ClN3/c25-18-7-6-8-19(17-18)27-13-15-28(16-14-27)24-20-9-2-1-3-11-22(20)26-23-12-5-4-10-21(23)24/h4-8,10,12,17H,1-3,9,11,13-16H2. The number of fused-ring (bicyclic) bond motifs is 2. The quantitative estimate of drug-likeness (QED) is 0.539. The van der Waals surface area contributed by atoms with E-state index in [1.165, 1.54) is 47.3 Å². The van der Waals surface area contributed by atoms with Gasteiger partial charge in [0.05, 0.1) is 11.2 Å². The Labute approximate surface area is 171 Å². The Morgan fingerprint density at radius 3 is 2.43 bits per heavy atom. The molecule has 3 nitrogen and oxygen atoms in total. The van der Waals surface area contributed by atoms with Crippen LogP contribution < -0.4 is 9.80 Å². The van der Waals surface area contributed by atoms with Gasteiger partial charge in [0.2, 0.25) is 0 Å². The third-order valence-electron chi connectivity index (χ3n) is 6.16. The summed E-state index contributed by atoms with van der Waals surface area (Å²) in [6, 6.07) is 16.9. The lowest BCUT2D eigenvalue weighted by molar-refractivity contribution is 0.651. The molecule has 28 heavy (non-hydrogen) atoms. The fraction of sp³-hybridized carbons (Fsp3) is 0.375. The van der Waals surface area contributed by atoms with Crippen LogP contribution in [0.5, 0.6) is 0 Å². The van der Waals surface area contributed by atoms with Gasteiger partial charge in [0, 0.05) is 48.0 Å². The van der Waals surface area contributed by atoms with Crippen LogP contribution in [0.1, 0.15) is 30.5 Å². The number of benzene rings is 2. The molecule has 0 N–H and O–H groups in total. The Hall–Kier alpha value is -2.26. The maximum Gasteiger partial charge on any atom is 0.0726 e. The van der Waals surface area contributed by atoms with E-state index in [4.69, 9.17) is 16.6 Å². The minimum absolute atomic E-state index is 0.811. The van der Waals surface area contributed by atoms with Gasteiger partial charge in [-0.05, 0) is 55.5 Å². The van der Waals surface area contributed by atoms with Crippen molar-refractivity contribution in [1.29, 1.82) is 0 Å². The molecule has 0 radical (unpaired) electrons. The number of piperazine rings is 1. The Bertz CT molecular complexity index is 992. The zero-order valence-corrected chi connectivity index (χ0v) is 17.0. The first-order valence-corrected chi connectivity index (χ1v) is 10.8. The van der Waals surface area contributed by atoms with Crippen LogP contribution in [0.25, 0.3) is 10.9 Å². The predicted molar refractivity (Wildman–Crippen MR) is 119 cm³/mol. The van der Waals surface area contributed by atoms with Gasteiger partial charge in [-0.1, -0.05) is 42.3 Å². The monoisotopic (exact) mass is 391 g/mol. The molecule has 1 saturated heterocycles. The number of pyridine rings is 1. The Morgan fingerprint density at radius 2 is 1.57 bits per heavy atom. The van der Waals surface area contributed by atoms with Gasteiger partial charge >= 0.3 is 0 Å². The van der Waals surface area contributed by atoms with Crippen LogP contribution in [0.3, 0.4) is 0 Å².